The number of halogens is 1. The molecule has 2 aliphatic heterocycles. The fraction of sp³-hybridized carbons (Fsp3) is 0.312. The molecule has 1 N–H and O–H groups in total. The Morgan fingerprint density at radius 3 is 2.60 bits per heavy atom. The van der Waals surface area contributed by atoms with Crippen molar-refractivity contribution in [2.24, 2.45) is 0 Å². The second-order valence-electron chi connectivity index (χ2n) is 5.85. The molecule has 7 nitrogen and oxygen atoms in total. The summed E-state index contributed by atoms with van der Waals surface area (Å²) in [5.41, 5.74) is 1.16. The average molecular weight is 427 g/mol. The molecule has 1 saturated heterocycles. The first-order chi connectivity index (χ1) is 11.9. The van der Waals surface area contributed by atoms with E-state index in [0.29, 0.717) is 11.9 Å². The minimum absolute atomic E-state index is 0.0421. The van der Waals surface area contributed by atoms with Gasteiger partial charge < -0.3 is 5.32 Å². The molecule has 1 aromatic rings. The molecule has 0 aliphatic carbocycles. The molecule has 0 unspecified atom stereocenters. The summed E-state index contributed by atoms with van der Waals surface area (Å²) >= 11 is 3.14. The second kappa shape index (κ2) is 6.72. The largest absolute Gasteiger partial charge is 0.341 e. The highest BCUT2D eigenvalue weighted by molar-refractivity contribution is 9.09. The van der Waals surface area contributed by atoms with E-state index < -0.39 is 33.1 Å². The third kappa shape index (κ3) is 3.13. The van der Waals surface area contributed by atoms with E-state index in [0.717, 1.165) is 10.5 Å². The summed E-state index contributed by atoms with van der Waals surface area (Å²) in [7, 11) is -3.69. The Morgan fingerprint density at radius 1 is 1.32 bits per heavy atom. The Kier molecular flexibility index (Phi) is 4.79. The van der Waals surface area contributed by atoms with Gasteiger partial charge in [-0.25, -0.2) is 8.42 Å². The minimum Gasteiger partial charge on any atom is -0.341 e. The smallest absolute Gasteiger partial charge is 0.254 e. The lowest BCUT2D eigenvalue weighted by atomic mass is 10.0. The Hall–Kier alpha value is -2.00. The molecule has 132 valence electrons. The molecule has 0 saturated carbocycles. The Bertz CT molecular complexity index is 866. The summed E-state index contributed by atoms with van der Waals surface area (Å²) in [6, 6.07) is 7.76. The molecular weight excluding hydrogens is 412 g/mol. The summed E-state index contributed by atoms with van der Waals surface area (Å²) < 4.78 is 24.9. The lowest BCUT2D eigenvalue weighted by Crippen LogP contribution is -2.74. The fourth-order valence-corrected chi connectivity index (χ4v) is 5.84. The van der Waals surface area contributed by atoms with Crippen LogP contribution in [0.15, 0.2) is 41.6 Å². The maximum atomic E-state index is 12.5. The first-order valence-corrected chi connectivity index (χ1v) is 10.3. The predicted octanol–water partition coefficient (Wildman–Crippen LogP) is 0.158. The summed E-state index contributed by atoms with van der Waals surface area (Å²) in [4.78, 5) is 36.8. The molecule has 9 heteroatoms. The lowest BCUT2D eigenvalue weighted by molar-refractivity contribution is -0.147. The molecule has 2 heterocycles. The molecule has 2 amide bonds. The average Bonchev–Trinajstić information content (AvgIpc) is 2.59. The van der Waals surface area contributed by atoms with Crippen molar-refractivity contribution in [3.8, 4) is 0 Å². The van der Waals surface area contributed by atoms with Crippen molar-refractivity contribution >= 4 is 43.9 Å². The minimum atomic E-state index is -3.69. The van der Waals surface area contributed by atoms with Gasteiger partial charge in [-0.2, -0.15) is 0 Å². The zero-order valence-electron chi connectivity index (χ0n) is 13.0. The van der Waals surface area contributed by atoms with E-state index in [9.17, 15) is 22.8 Å². The van der Waals surface area contributed by atoms with Gasteiger partial charge in [-0.3, -0.25) is 19.3 Å². The van der Waals surface area contributed by atoms with Crippen LogP contribution in [0.2, 0.25) is 0 Å². The van der Waals surface area contributed by atoms with Gasteiger partial charge in [0.2, 0.25) is 5.91 Å². The number of hydrogen-bond acceptors (Lipinski definition) is 5. The van der Waals surface area contributed by atoms with Gasteiger partial charge in [-0.1, -0.05) is 46.3 Å². The summed E-state index contributed by atoms with van der Waals surface area (Å²) in [6.07, 6.45) is 0.526. The number of sulfone groups is 1. The van der Waals surface area contributed by atoms with Gasteiger partial charge in [0.1, 0.15) is 6.04 Å². The highest BCUT2D eigenvalue weighted by atomic mass is 79.9. The number of rotatable bonds is 5. The zero-order valence-corrected chi connectivity index (χ0v) is 15.4. The van der Waals surface area contributed by atoms with E-state index in [2.05, 4.69) is 21.2 Å². The van der Waals surface area contributed by atoms with E-state index in [1.165, 1.54) is 0 Å². The molecule has 0 bridgehead atoms. The SMILES string of the molecule is O=CC1=C(CBr)CS(=O)(=O)[C@@H]2[C@H](NC(=O)Cc3ccccc3)C(=O)N12. The molecule has 1 fully saturated rings. The molecule has 0 aromatic heterocycles. The number of hydrogen-bond donors (Lipinski definition) is 1. The van der Waals surface area contributed by atoms with Crippen LogP contribution in [-0.4, -0.2) is 53.9 Å². The molecule has 2 aliphatic rings. The van der Waals surface area contributed by atoms with Crippen molar-refractivity contribution in [2.45, 2.75) is 17.8 Å². The van der Waals surface area contributed by atoms with Crippen LogP contribution in [0.25, 0.3) is 0 Å². The predicted molar refractivity (Wildman–Crippen MR) is 93.4 cm³/mol. The van der Waals surface area contributed by atoms with Gasteiger partial charge in [0, 0.05) is 5.33 Å². The monoisotopic (exact) mass is 426 g/mol. The van der Waals surface area contributed by atoms with Crippen molar-refractivity contribution in [3.63, 3.8) is 0 Å². The van der Waals surface area contributed by atoms with Crippen LogP contribution in [0.1, 0.15) is 5.56 Å². The van der Waals surface area contributed by atoms with Crippen LogP contribution in [-0.2, 0) is 30.6 Å². The summed E-state index contributed by atoms with van der Waals surface area (Å²) in [5.74, 6) is -1.34. The Balaban J connectivity index is 1.80. The van der Waals surface area contributed by atoms with Gasteiger partial charge in [-0.05, 0) is 11.1 Å². The highest BCUT2D eigenvalue weighted by Gasteiger charge is 2.59. The second-order valence-corrected chi connectivity index (χ2v) is 8.51. The molecule has 0 radical (unpaired) electrons. The number of fused-ring (bicyclic) bond motifs is 1. The molecule has 1 aromatic carbocycles. The number of benzene rings is 1. The van der Waals surface area contributed by atoms with Crippen LogP contribution >= 0.6 is 15.9 Å². The molecule has 0 spiro atoms. The Labute approximate surface area is 153 Å². The molecule has 3 rings (SSSR count). The van der Waals surface area contributed by atoms with E-state index in [-0.39, 0.29) is 23.2 Å². The quantitative estimate of drug-likeness (QED) is 0.410. The van der Waals surface area contributed by atoms with Gasteiger partial charge in [0.25, 0.3) is 5.91 Å². The van der Waals surface area contributed by atoms with Crippen LogP contribution in [0.4, 0.5) is 0 Å². The van der Waals surface area contributed by atoms with E-state index in [4.69, 9.17) is 0 Å². The van der Waals surface area contributed by atoms with E-state index in [1.54, 1.807) is 24.3 Å². The van der Waals surface area contributed by atoms with Gasteiger partial charge >= 0.3 is 0 Å². The number of carbonyl (C=O) groups excluding carboxylic acids is 3. The lowest BCUT2D eigenvalue weighted by Gasteiger charge is -2.48. The number of amides is 2. The Morgan fingerprint density at radius 2 is 2.00 bits per heavy atom. The number of β-lactam (4-membered cyclic amide) rings is 1. The van der Waals surface area contributed by atoms with Crippen molar-refractivity contribution < 1.29 is 22.8 Å². The normalized spacial score (nSPS) is 24.4. The number of nitrogens with zero attached hydrogens (tertiary/aromatic N) is 1. The number of carbonyl (C=O) groups is 3. The number of alkyl halides is 1. The van der Waals surface area contributed by atoms with Crippen molar-refractivity contribution in [1.29, 1.82) is 0 Å². The first kappa shape index (κ1) is 17.8. The standard InChI is InChI=1S/C16H15BrN2O5S/c17-7-11-9-25(23,24)16-14(15(22)19(16)12(11)8-20)18-13(21)6-10-4-2-1-3-5-10/h1-5,8,14,16H,6-7,9H2,(H,18,21)/t14-,16-/m1/s1. The fourth-order valence-electron chi connectivity index (χ4n) is 3.05. The maximum absolute atomic E-state index is 12.5. The third-order valence-corrected chi connectivity index (χ3v) is 6.85. The van der Waals surface area contributed by atoms with Crippen LogP contribution in [0, 0.1) is 0 Å². The number of aldehydes is 1. The molecule has 25 heavy (non-hydrogen) atoms. The van der Waals surface area contributed by atoms with Crippen molar-refractivity contribution in [1.82, 2.24) is 10.2 Å². The molecular formula is C16H15BrN2O5S. The highest BCUT2D eigenvalue weighted by Crippen LogP contribution is 2.36. The van der Waals surface area contributed by atoms with Gasteiger partial charge in [0.15, 0.2) is 21.5 Å². The summed E-state index contributed by atoms with van der Waals surface area (Å²) in [6.45, 7) is 0. The van der Waals surface area contributed by atoms with E-state index >= 15 is 0 Å². The summed E-state index contributed by atoms with van der Waals surface area (Å²) in [5, 5.41) is 1.45. The van der Waals surface area contributed by atoms with Crippen molar-refractivity contribution in [3.05, 3.63) is 47.2 Å². The zero-order chi connectivity index (χ0) is 18.2. The van der Waals surface area contributed by atoms with E-state index in [1.807, 2.05) is 6.07 Å². The van der Waals surface area contributed by atoms with Crippen LogP contribution in [0.5, 0.6) is 0 Å². The van der Waals surface area contributed by atoms with Crippen LogP contribution < -0.4 is 5.32 Å². The van der Waals surface area contributed by atoms with Crippen molar-refractivity contribution in [2.75, 3.05) is 11.1 Å². The number of allylic oxidation sites excluding steroid dienone is 1. The number of nitrogens with one attached hydrogen (secondary N) is 1. The van der Waals surface area contributed by atoms with Gasteiger partial charge in [0.05, 0.1) is 17.9 Å². The first-order valence-electron chi connectivity index (χ1n) is 7.50. The topological polar surface area (TPSA) is 101 Å². The maximum Gasteiger partial charge on any atom is 0.254 e. The molecule has 2 atom stereocenters. The van der Waals surface area contributed by atoms with Gasteiger partial charge in [-0.15, -0.1) is 0 Å². The van der Waals surface area contributed by atoms with Crippen LogP contribution in [0.3, 0.4) is 0 Å². The third-order valence-electron chi connectivity index (χ3n) is 4.21.